The molecule has 0 bridgehead atoms. The first-order valence-electron chi connectivity index (χ1n) is 3.29. The maximum Gasteiger partial charge on any atom is 0.305 e. The molecule has 64 valence electrons. The van der Waals surface area contributed by atoms with Crippen molar-refractivity contribution < 1.29 is 9.90 Å². The van der Waals surface area contributed by atoms with Gasteiger partial charge in [0.1, 0.15) is 4.32 Å². The molecule has 0 aromatic carbocycles. The molecule has 0 aromatic rings. The number of carboxylic acid groups (broad SMARTS) is 1. The predicted octanol–water partition coefficient (Wildman–Crippen LogP) is 1.09. The molecule has 0 atom stereocenters. The van der Waals surface area contributed by atoms with E-state index in [1.165, 1.54) is 11.8 Å². The van der Waals surface area contributed by atoms with Crippen LogP contribution < -0.4 is 5.32 Å². The van der Waals surface area contributed by atoms with Gasteiger partial charge in [-0.05, 0) is 5.75 Å². The minimum atomic E-state index is -0.804. The normalized spacial score (nSPS) is 9.18. The lowest BCUT2D eigenvalue weighted by Gasteiger charge is -2.02. The van der Waals surface area contributed by atoms with Crippen molar-refractivity contribution in [2.75, 3.05) is 12.3 Å². The Balaban J connectivity index is 3.24. The van der Waals surface area contributed by atoms with Crippen molar-refractivity contribution >= 4 is 34.3 Å². The summed E-state index contributed by atoms with van der Waals surface area (Å²) in [7, 11) is 0. The van der Waals surface area contributed by atoms with Crippen molar-refractivity contribution in [3.05, 3.63) is 0 Å². The van der Waals surface area contributed by atoms with Gasteiger partial charge in [-0.3, -0.25) is 4.79 Å². The van der Waals surface area contributed by atoms with Crippen molar-refractivity contribution in [2.24, 2.45) is 0 Å². The number of nitrogens with one attached hydrogen (secondary N) is 1. The van der Waals surface area contributed by atoms with Gasteiger partial charge in [0, 0.05) is 6.54 Å². The Labute approximate surface area is 75.6 Å². The summed E-state index contributed by atoms with van der Waals surface area (Å²) in [5.41, 5.74) is 0. The number of rotatable bonds is 4. The van der Waals surface area contributed by atoms with Gasteiger partial charge < -0.3 is 10.4 Å². The Morgan fingerprint density at radius 2 is 2.36 bits per heavy atom. The van der Waals surface area contributed by atoms with Crippen molar-refractivity contribution in [1.29, 1.82) is 0 Å². The van der Waals surface area contributed by atoms with Gasteiger partial charge in [-0.15, -0.1) is 0 Å². The van der Waals surface area contributed by atoms with Gasteiger partial charge in [-0.2, -0.15) is 0 Å². The second kappa shape index (κ2) is 6.42. The molecule has 0 heterocycles. The van der Waals surface area contributed by atoms with Gasteiger partial charge in [0.2, 0.25) is 0 Å². The van der Waals surface area contributed by atoms with E-state index < -0.39 is 5.97 Å². The van der Waals surface area contributed by atoms with Crippen molar-refractivity contribution in [1.82, 2.24) is 5.32 Å². The number of hydrogen-bond acceptors (Lipinski definition) is 3. The zero-order valence-electron chi connectivity index (χ0n) is 6.29. The molecule has 11 heavy (non-hydrogen) atoms. The molecular formula is C6H11NO2S2. The van der Waals surface area contributed by atoms with Crippen molar-refractivity contribution in [2.45, 2.75) is 13.3 Å². The summed E-state index contributed by atoms with van der Waals surface area (Å²) in [6, 6.07) is 0. The average Bonchev–Trinajstić information content (AvgIpc) is 1.87. The molecule has 0 fully saturated rings. The Morgan fingerprint density at radius 3 is 2.82 bits per heavy atom. The zero-order chi connectivity index (χ0) is 8.69. The molecule has 0 saturated carbocycles. The van der Waals surface area contributed by atoms with Crippen LogP contribution in [0.3, 0.4) is 0 Å². The summed E-state index contributed by atoms with van der Waals surface area (Å²) in [5.74, 6) is 0.112. The van der Waals surface area contributed by atoms with E-state index in [0.29, 0.717) is 10.9 Å². The van der Waals surface area contributed by atoms with Crippen molar-refractivity contribution in [3.8, 4) is 0 Å². The van der Waals surface area contributed by atoms with E-state index in [1.807, 2.05) is 6.92 Å². The van der Waals surface area contributed by atoms with Crippen LogP contribution in [0.2, 0.25) is 0 Å². The summed E-state index contributed by atoms with van der Waals surface area (Å²) in [6.45, 7) is 2.41. The highest BCUT2D eigenvalue weighted by molar-refractivity contribution is 8.22. The molecule has 0 spiro atoms. The monoisotopic (exact) mass is 193 g/mol. The smallest absolute Gasteiger partial charge is 0.305 e. The van der Waals surface area contributed by atoms with Gasteiger partial charge in [0.25, 0.3) is 0 Å². The minimum absolute atomic E-state index is 0.115. The quantitative estimate of drug-likeness (QED) is 0.654. The van der Waals surface area contributed by atoms with Crippen LogP contribution in [0.15, 0.2) is 0 Å². The fraction of sp³-hybridized carbons (Fsp3) is 0.667. The molecule has 5 heteroatoms. The molecule has 0 rings (SSSR count). The average molecular weight is 193 g/mol. The maximum absolute atomic E-state index is 10.0. The SMILES string of the molecule is CCSC(=S)NCCC(=O)O. The lowest BCUT2D eigenvalue weighted by Crippen LogP contribution is -2.21. The Bertz CT molecular complexity index is 150. The largest absolute Gasteiger partial charge is 0.481 e. The van der Waals surface area contributed by atoms with Gasteiger partial charge in [-0.1, -0.05) is 30.9 Å². The first-order chi connectivity index (χ1) is 5.16. The molecule has 0 aliphatic carbocycles. The van der Waals surface area contributed by atoms with Crippen LogP contribution in [0, 0.1) is 0 Å². The van der Waals surface area contributed by atoms with E-state index in [0.717, 1.165) is 5.75 Å². The summed E-state index contributed by atoms with van der Waals surface area (Å²) in [6.07, 6.45) is 0.115. The molecule has 0 aliphatic rings. The van der Waals surface area contributed by atoms with E-state index in [4.69, 9.17) is 17.3 Å². The second-order valence-electron chi connectivity index (χ2n) is 1.79. The first kappa shape index (κ1) is 10.7. The van der Waals surface area contributed by atoms with Gasteiger partial charge in [0.15, 0.2) is 0 Å². The Morgan fingerprint density at radius 1 is 1.73 bits per heavy atom. The van der Waals surface area contributed by atoms with Crippen LogP contribution in [-0.2, 0) is 4.79 Å². The van der Waals surface area contributed by atoms with Crippen LogP contribution in [0.5, 0.6) is 0 Å². The van der Waals surface area contributed by atoms with Gasteiger partial charge in [-0.25, -0.2) is 0 Å². The van der Waals surface area contributed by atoms with Crippen LogP contribution in [-0.4, -0.2) is 27.7 Å². The van der Waals surface area contributed by atoms with Crippen molar-refractivity contribution in [3.63, 3.8) is 0 Å². The highest BCUT2D eigenvalue weighted by atomic mass is 32.2. The second-order valence-corrected chi connectivity index (χ2v) is 3.73. The van der Waals surface area contributed by atoms with E-state index >= 15 is 0 Å². The molecule has 2 N–H and O–H groups in total. The molecule has 0 radical (unpaired) electrons. The summed E-state index contributed by atoms with van der Waals surface area (Å²) < 4.78 is 0.675. The van der Waals surface area contributed by atoms with E-state index in [1.54, 1.807) is 0 Å². The molecule has 0 unspecified atom stereocenters. The predicted molar refractivity (Wildman–Crippen MR) is 51.0 cm³/mol. The first-order valence-corrected chi connectivity index (χ1v) is 4.68. The summed E-state index contributed by atoms with van der Waals surface area (Å²) in [4.78, 5) is 10.0. The molecule has 0 amide bonds. The number of carboxylic acids is 1. The van der Waals surface area contributed by atoms with Gasteiger partial charge >= 0.3 is 5.97 Å². The molecule has 3 nitrogen and oxygen atoms in total. The van der Waals surface area contributed by atoms with Crippen LogP contribution in [0.1, 0.15) is 13.3 Å². The number of thiocarbonyl (C=S) groups is 1. The fourth-order valence-electron chi connectivity index (χ4n) is 0.454. The lowest BCUT2D eigenvalue weighted by molar-refractivity contribution is -0.136. The number of aliphatic carboxylic acids is 1. The third-order valence-corrected chi connectivity index (χ3v) is 2.08. The zero-order valence-corrected chi connectivity index (χ0v) is 7.93. The Kier molecular flexibility index (Phi) is 6.25. The summed E-state index contributed by atoms with van der Waals surface area (Å²) >= 11 is 6.37. The van der Waals surface area contributed by atoms with Crippen LogP contribution >= 0.6 is 24.0 Å². The minimum Gasteiger partial charge on any atom is -0.481 e. The van der Waals surface area contributed by atoms with E-state index in [9.17, 15) is 4.79 Å². The molecule has 0 saturated heterocycles. The third kappa shape index (κ3) is 7.61. The van der Waals surface area contributed by atoms with E-state index in [-0.39, 0.29) is 6.42 Å². The fourth-order valence-corrected chi connectivity index (χ4v) is 1.38. The molecule has 0 aromatic heterocycles. The lowest BCUT2D eigenvalue weighted by atomic mass is 10.4. The standard InChI is InChI=1S/C6H11NO2S2/c1-2-11-6(10)7-4-3-5(8)9/h2-4H2,1H3,(H,7,10)(H,8,9). The highest BCUT2D eigenvalue weighted by Crippen LogP contribution is 1.99. The van der Waals surface area contributed by atoms with Crippen LogP contribution in [0.4, 0.5) is 0 Å². The highest BCUT2D eigenvalue weighted by Gasteiger charge is 1.97. The van der Waals surface area contributed by atoms with Crippen LogP contribution in [0.25, 0.3) is 0 Å². The third-order valence-electron chi connectivity index (χ3n) is 0.884. The number of hydrogen-bond donors (Lipinski definition) is 2. The molecule has 0 aliphatic heterocycles. The Hall–Kier alpha value is -0.290. The van der Waals surface area contributed by atoms with Gasteiger partial charge in [0.05, 0.1) is 6.42 Å². The topological polar surface area (TPSA) is 49.3 Å². The van der Waals surface area contributed by atoms with E-state index in [2.05, 4.69) is 5.32 Å². The summed E-state index contributed by atoms with van der Waals surface area (Å²) in [5, 5.41) is 11.1. The molecular weight excluding hydrogens is 182 g/mol. The number of thioether (sulfide) groups is 1. The maximum atomic E-state index is 10.0. The number of carbonyl (C=O) groups is 1.